The highest BCUT2D eigenvalue weighted by Crippen LogP contribution is 2.48. The van der Waals surface area contributed by atoms with E-state index in [1.165, 1.54) is 6.07 Å². The van der Waals surface area contributed by atoms with E-state index in [1.54, 1.807) is 19.1 Å². The van der Waals surface area contributed by atoms with Gasteiger partial charge in [-0.1, -0.05) is 42.0 Å². The lowest BCUT2D eigenvalue weighted by atomic mass is 9.82. The molecule has 0 heterocycles. The van der Waals surface area contributed by atoms with E-state index < -0.39 is 17.7 Å². The van der Waals surface area contributed by atoms with Crippen molar-refractivity contribution in [2.75, 3.05) is 6.54 Å². The van der Waals surface area contributed by atoms with Crippen LogP contribution in [0.2, 0.25) is 0 Å². The molecule has 0 amide bonds. The first-order chi connectivity index (χ1) is 13.8. The lowest BCUT2D eigenvalue weighted by Gasteiger charge is -2.26. The topological polar surface area (TPSA) is 49.3 Å². The number of halogens is 3. The Kier molecular flexibility index (Phi) is 6.83. The van der Waals surface area contributed by atoms with E-state index in [0.29, 0.717) is 42.2 Å². The van der Waals surface area contributed by atoms with Gasteiger partial charge in [0.25, 0.3) is 0 Å². The van der Waals surface area contributed by atoms with Crippen LogP contribution >= 0.6 is 0 Å². The molecule has 1 aromatic rings. The van der Waals surface area contributed by atoms with Gasteiger partial charge in [0.15, 0.2) is 0 Å². The standard InChI is InChI=1S/C23H28F3NO2/c1-15-7-8-18(21(11-15)23(24,25)26)13-27-14-20-17-10-9-16(12-17)19(20)5-3-2-4-6-22(28)29/h3,5,7-11,16-17,19-20,27H,2,4,6,12-14H2,1H3,(H,28,29)/b5-3-/t16-,17+,19-,20-/m0/s1. The summed E-state index contributed by atoms with van der Waals surface area (Å²) in [5, 5.41) is 12.0. The maximum atomic E-state index is 13.3. The minimum atomic E-state index is -4.35. The number of aryl methyl sites for hydroxylation is 1. The molecule has 29 heavy (non-hydrogen) atoms. The van der Waals surface area contributed by atoms with E-state index in [2.05, 4.69) is 29.6 Å². The van der Waals surface area contributed by atoms with Crippen LogP contribution in [-0.4, -0.2) is 17.6 Å². The van der Waals surface area contributed by atoms with Gasteiger partial charge in [0, 0.05) is 13.0 Å². The second kappa shape index (κ2) is 9.16. The van der Waals surface area contributed by atoms with Gasteiger partial charge in [0.2, 0.25) is 0 Å². The van der Waals surface area contributed by atoms with Crippen molar-refractivity contribution in [2.45, 2.75) is 45.3 Å². The number of benzene rings is 1. The van der Waals surface area contributed by atoms with Gasteiger partial charge in [-0.15, -0.1) is 0 Å². The molecule has 1 saturated carbocycles. The highest BCUT2D eigenvalue weighted by molar-refractivity contribution is 5.66. The molecule has 4 atom stereocenters. The molecule has 158 valence electrons. The molecule has 0 saturated heterocycles. The maximum Gasteiger partial charge on any atom is 0.416 e. The van der Waals surface area contributed by atoms with Crippen molar-refractivity contribution in [3.63, 3.8) is 0 Å². The number of fused-ring (bicyclic) bond motifs is 2. The van der Waals surface area contributed by atoms with Crippen LogP contribution in [0.15, 0.2) is 42.5 Å². The second-order valence-corrected chi connectivity index (χ2v) is 8.19. The molecule has 3 nitrogen and oxygen atoms in total. The van der Waals surface area contributed by atoms with Crippen molar-refractivity contribution < 1.29 is 23.1 Å². The molecule has 6 heteroatoms. The fourth-order valence-corrected chi connectivity index (χ4v) is 4.64. The summed E-state index contributed by atoms with van der Waals surface area (Å²) in [4.78, 5) is 10.6. The van der Waals surface area contributed by atoms with Gasteiger partial charge in [-0.2, -0.15) is 13.2 Å². The van der Waals surface area contributed by atoms with Crippen molar-refractivity contribution in [1.82, 2.24) is 5.32 Å². The number of allylic oxidation sites excluding steroid dienone is 4. The van der Waals surface area contributed by atoms with E-state index in [9.17, 15) is 18.0 Å². The SMILES string of the molecule is Cc1ccc(CNC[C@@H]2[C@@H](/C=C\CCCC(=O)O)[C@H]3C=C[C@@H]2C3)c(C(F)(F)F)c1. The monoisotopic (exact) mass is 407 g/mol. The quantitative estimate of drug-likeness (QED) is 0.428. The van der Waals surface area contributed by atoms with E-state index in [0.717, 1.165) is 12.8 Å². The molecular formula is C23H28F3NO2. The maximum absolute atomic E-state index is 13.3. The normalized spacial score (nSPS) is 25.9. The molecule has 1 fully saturated rings. The summed E-state index contributed by atoms with van der Waals surface area (Å²) >= 11 is 0. The van der Waals surface area contributed by atoms with Crippen LogP contribution in [0.4, 0.5) is 13.2 Å². The van der Waals surface area contributed by atoms with Gasteiger partial charge >= 0.3 is 12.1 Å². The first-order valence-corrected chi connectivity index (χ1v) is 10.2. The van der Waals surface area contributed by atoms with Gasteiger partial charge < -0.3 is 10.4 Å². The van der Waals surface area contributed by atoms with Crippen LogP contribution < -0.4 is 5.32 Å². The molecule has 2 bridgehead atoms. The van der Waals surface area contributed by atoms with Crippen molar-refractivity contribution >= 4 is 5.97 Å². The van der Waals surface area contributed by atoms with Crippen molar-refractivity contribution in [3.8, 4) is 0 Å². The number of carbonyl (C=O) groups is 1. The summed E-state index contributed by atoms with van der Waals surface area (Å²) in [6.45, 7) is 2.53. The molecule has 0 aromatic heterocycles. The number of aliphatic carboxylic acids is 1. The Balaban J connectivity index is 1.58. The molecule has 2 aliphatic carbocycles. The van der Waals surface area contributed by atoms with Crippen LogP contribution in [0, 0.1) is 30.6 Å². The average molecular weight is 407 g/mol. The minimum Gasteiger partial charge on any atom is -0.481 e. The van der Waals surface area contributed by atoms with Gasteiger partial charge in [-0.25, -0.2) is 0 Å². The third-order valence-electron chi connectivity index (χ3n) is 6.07. The predicted octanol–water partition coefficient (Wildman–Crippen LogP) is 5.35. The predicted molar refractivity (Wildman–Crippen MR) is 106 cm³/mol. The largest absolute Gasteiger partial charge is 0.481 e. The third-order valence-corrected chi connectivity index (χ3v) is 6.07. The van der Waals surface area contributed by atoms with Crippen molar-refractivity contribution in [1.29, 1.82) is 0 Å². The fourth-order valence-electron chi connectivity index (χ4n) is 4.64. The van der Waals surface area contributed by atoms with Gasteiger partial charge in [0.05, 0.1) is 5.56 Å². The van der Waals surface area contributed by atoms with Crippen LogP contribution in [0.1, 0.15) is 42.4 Å². The Labute approximate surface area is 169 Å². The first-order valence-electron chi connectivity index (χ1n) is 10.2. The number of hydrogen-bond donors (Lipinski definition) is 2. The number of carboxylic acids is 1. The Morgan fingerprint density at radius 3 is 2.76 bits per heavy atom. The number of unbranched alkanes of at least 4 members (excludes halogenated alkanes) is 1. The lowest BCUT2D eigenvalue weighted by Crippen LogP contribution is -2.30. The number of rotatable bonds is 9. The van der Waals surface area contributed by atoms with Crippen LogP contribution in [-0.2, 0) is 17.5 Å². The number of nitrogens with one attached hydrogen (secondary N) is 1. The number of carboxylic acid groups (broad SMARTS) is 1. The second-order valence-electron chi connectivity index (χ2n) is 8.19. The Hall–Kier alpha value is -2.08. The zero-order valence-electron chi connectivity index (χ0n) is 16.6. The summed E-state index contributed by atoms with van der Waals surface area (Å²) in [7, 11) is 0. The molecule has 1 aromatic carbocycles. The summed E-state index contributed by atoms with van der Waals surface area (Å²) in [6, 6.07) is 4.49. The van der Waals surface area contributed by atoms with Crippen molar-refractivity contribution in [3.05, 3.63) is 59.2 Å². The Morgan fingerprint density at radius 2 is 2.03 bits per heavy atom. The zero-order valence-corrected chi connectivity index (χ0v) is 16.6. The molecule has 3 rings (SSSR count). The molecule has 0 spiro atoms. The molecule has 2 aliphatic rings. The van der Waals surface area contributed by atoms with E-state index in [1.807, 2.05) is 0 Å². The van der Waals surface area contributed by atoms with Gasteiger partial charge in [-0.05, 0) is 68.0 Å². The Morgan fingerprint density at radius 1 is 1.28 bits per heavy atom. The minimum absolute atomic E-state index is 0.171. The summed E-state index contributed by atoms with van der Waals surface area (Å²) in [5.74, 6) is 0.884. The molecule has 0 aliphatic heterocycles. The van der Waals surface area contributed by atoms with E-state index >= 15 is 0 Å². The van der Waals surface area contributed by atoms with E-state index in [4.69, 9.17) is 5.11 Å². The highest BCUT2D eigenvalue weighted by Gasteiger charge is 2.42. The van der Waals surface area contributed by atoms with Gasteiger partial charge in [-0.3, -0.25) is 4.79 Å². The van der Waals surface area contributed by atoms with E-state index in [-0.39, 0.29) is 18.5 Å². The summed E-state index contributed by atoms with van der Waals surface area (Å²) < 4.78 is 39.9. The number of alkyl halides is 3. The molecule has 0 unspecified atom stereocenters. The van der Waals surface area contributed by atoms with Crippen molar-refractivity contribution in [2.24, 2.45) is 23.7 Å². The summed E-state index contributed by atoms with van der Waals surface area (Å²) in [5.41, 5.74) is 0.322. The highest BCUT2D eigenvalue weighted by atomic mass is 19.4. The Bertz CT molecular complexity index is 785. The molecular weight excluding hydrogens is 379 g/mol. The zero-order chi connectivity index (χ0) is 21.0. The third kappa shape index (κ3) is 5.50. The van der Waals surface area contributed by atoms with Gasteiger partial charge in [0.1, 0.15) is 0 Å². The molecule has 0 radical (unpaired) electrons. The number of hydrogen-bond acceptors (Lipinski definition) is 2. The first kappa shape index (κ1) is 21.6. The van der Waals surface area contributed by atoms with Crippen LogP contribution in [0.5, 0.6) is 0 Å². The average Bonchev–Trinajstić information content (AvgIpc) is 3.23. The van der Waals surface area contributed by atoms with Crippen LogP contribution in [0.3, 0.4) is 0 Å². The smallest absolute Gasteiger partial charge is 0.416 e. The fraction of sp³-hybridized carbons (Fsp3) is 0.522. The summed E-state index contributed by atoms with van der Waals surface area (Å²) in [6.07, 6.45) is 7.01. The molecule has 2 N–H and O–H groups in total. The van der Waals surface area contributed by atoms with Crippen LogP contribution in [0.25, 0.3) is 0 Å². The lowest BCUT2D eigenvalue weighted by molar-refractivity contribution is -0.138.